The Morgan fingerprint density at radius 1 is 0.929 bits per heavy atom. The lowest BCUT2D eigenvalue weighted by molar-refractivity contribution is -0.124. The number of piperazine rings is 1. The number of fused-ring (bicyclic) bond motifs is 2. The van der Waals surface area contributed by atoms with E-state index < -0.39 is 12.0 Å². The monoisotopic (exact) mass is 567 g/mol. The standard InChI is InChI=1S/C34H38FN5O2/c1-3-40-32(29-23-37(2)30-12-7-6-9-26(29)30)31(27-10-4-5-11-28(27)34(40)42)33(41)36-17-8-18-38-19-21-39(22-20-38)25-15-13-24(35)14-16-25/h4-7,9-16,23,31-32H,3,8,17-22H2,1-2H3,(H,36,41). The summed E-state index contributed by atoms with van der Waals surface area (Å²) >= 11 is 0. The zero-order chi connectivity index (χ0) is 29.2. The third-order valence-corrected chi connectivity index (χ3v) is 8.82. The molecule has 218 valence electrons. The number of amides is 2. The van der Waals surface area contributed by atoms with Crippen LogP contribution in [0.2, 0.25) is 0 Å². The van der Waals surface area contributed by atoms with Crippen LogP contribution in [-0.2, 0) is 11.8 Å². The Bertz CT molecular complexity index is 1570. The highest BCUT2D eigenvalue weighted by molar-refractivity contribution is 6.02. The van der Waals surface area contributed by atoms with Crippen molar-refractivity contribution < 1.29 is 14.0 Å². The average Bonchev–Trinajstić information content (AvgIpc) is 3.35. The number of carbonyl (C=O) groups is 2. The summed E-state index contributed by atoms with van der Waals surface area (Å²) in [7, 11) is 2.01. The summed E-state index contributed by atoms with van der Waals surface area (Å²) in [5.41, 5.74) is 4.52. The molecule has 0 radical (unpaired) electrons. The van der Waals surface area contributed by atoms with Crippen LogP contribution in [-0.4, -0.2) is 72.0 Å². The third-order valence-electron chi connectivity index (χ3n) is 8.82. The Hall–Kier alpha value is -4.17. The lowest BCUT2D eigenvalue weighted by Gasteiger charge is -2.41. The number of anilines is 1. The predicted octanol–water partition coefficient (Wildman–Crippen LogP) is 4.95. The molecule has 2 atom stereocenters. The molecule has 2 amide bonds. The molecule has 3 aromatic carbocycles. The Kier molecular flexibility index (Phi) is 7.98. The zero-order valence-corrected chi connectivity index (χ0v) is 24.3. The molecule has 8 heteroatoms. The fourth-order valence-electron chi connectivity index (χ4n) is 6.68. The van der Waals surface area contributed by atoms with Gasteiger partial charge in [-0.25, -0.2) is 4.39 Å². The molecule has 2 aliphatic heterocycles. The summed E-state index contributed by atoms with van der Waals surface area (Å²) in [5.74, 6) is -0.806. The van der Waals surface area contributed by atoms with E-state index in [-0.39, 0.29) is 17.6 Å². The smallest absolute Gasteiger partial charge is 0.254 e. The SMILES string of the molecule is CCN1C(=O)c2ccccc2C(C(=O)NCCCN2CCN(c3ccc(F)cc3)CC2)C1c1cn(C)c2ccccc12. The molecule has 6 rings (SSSR count). The second-order valence-electron chi connectivity index (χ2n) is 11.3. The van der Waals surface area contributed by atoms with E-state index in [1.807, 2.05) is 67.4 Å². The fraction of sp³-hybridized carbons (Fsp3) is 0.353. The number of carbonyl (C=O) groups excluding carboxylic acids is 2. The van der Waals surface area contributed by atoms with Crippen LogP contribution in [0.15, 0.2) is 79.0 Å². The number of hydrogen-bond donors (Lipinski definition) is 1. The minimum Gasteiger partial charge on any atom is -0.369 e. The topological polar surface area (TPSA) is 60.8 Å². The second-order valence-corrected chi connectivity index (χ2v) is 11.3. The summed E-state index contributed by atoms with van der Waals surface area (Å²) < 4.78 is 15.4. The van der Waals surface area contributed by atoms with Crippen LogP contribution in [0.4, 0.5) is 10.1 Å². The van der Waals surface area contributed by atoms with Gasteiger partial charge in [0.25, 0.3) is 5.91 Å². The first-order chi connectivity index (χ1) is 20.5. The number of nitrogens with one attached hydrogen (secondary N) is 1. The Morgan fingerprint density at radius 3 is 2.40 bits per heavy atom. The van der Waals surface area contributed by atoms with Crippen molar-refractivity contribution in [3.63, 3.8) is 0 Å². The van der Waals surface area contributed by atoms with Crippen LogP contribution in [0.25, 0.3) is 10.9 Å². The molecular weight excluding hydrogens is 529 g/mol. The van der Waals surface area contributed by atoms with Crippen LogP contribution in [0, 0.1) is 5.82 Å². The number of para-hydroxylation sites is 1. The largest absolute Gasteiger partial charge is 0.369 e. The zero-order valence-electron chi connectivity index (χ0n) is 24.3. The Labute approximate surface area is 246 Å². The van der Waals surface area contributed by atoms with Crippen molar-refractivity contribution in [1.29, 1.82) is 0 Å². The Morgan fingerprint density at radius 2 is 1.64 bits per heavy atom. The van der Waals surface area contributed by atoms with Gasteiger partial charge >= 0.3 is 0 Å². The van der Waals surface area contributed by atoms with E-state index in [4.69, 9.17) is 0 Å². The van der Waals surface area contributed by atoms with Crippen molar-refractivity contribution >= 4 is 28.4 Å². The summed E-state index contributed by atoms with van der Waals surface area (Å²) in [6.45, 7) is 7.59. The molecule has 0 bridgehead atoms. The number of likely N-dealkylation sites (N-methyl/N-ethyl adjacent to an activating group) is 1. The number of hydrogen-bond acceptors (Lipinski definition) is 4. The van der Waals surface area contributed by atoms with Crippen molar-refractivity contribution in [3.8, 4) is 0 Å². The average molecular weight is 568 g/mol. The van der Waals surface area contributed by atoms with Gasteiger partial charge in [-0.1, -0.05) is 36.4 Å². The molecule has 0 spiro atoms. The van der Waals surface area contributed by atoms with Crippen molar-refractivity contribution in [2.24, 2.45) is 7.05 Å². The van der Waals surface area contributed by atoms with E-state index in [0.717, 1.165) is 66.9 Å². The Balaban J connectivity index is 1.15. The van der Waals surface area contributed by atoms with Gasteiger partial charge in [0.1, 0.15) is 5.82 Å². The number of rotatable bonds is 8. The number of halogens is 1. The molecule has 1 aromatic heterocycles. The van der Waals surface area contributed by atoms with E-state index in [1.54, 1.807) is 0 Å². The van der Waals surface area contributed by atoms with Gasteiger partial charge in [-0.15, -0.1) is 0 Å². The summed E-state index contributed by atoms with van der Waals surface area (Å²) in [6, 6.07) is 22.0. The maximum Gasteiger partial charge on any atom is 0.254 e. The first kappa shape index (κ1) is 28.0. The lowest BCUT2D eigenvalue weighted by atomic mass is 9.79. The van der Waals surface area contributed by atoms with Gasteiger partial charge in [0.2, 0.25) is 5.91 Å². The van der Waals surface area contributed by atoms with E-state index in [0.29, 0.717) is 18.7 Å². The molecule has 42 heavy (non-hydrogen) atoms. The number of aromatic nitrogens is 1. The molecule has 7 nitrogen and oxygen atoms in total. The van der Waals surface area contributed by atoms with E-state index >= 15 is 0 Å². The summed E-state index contributed by atoms with van der Waals surface area (Å²) in [4.78, 5) is 34.3. The summed E-state index contributed by atoms with van der Waals surface area (Å²) in [6.07, 6.45) is 2.91. The quantitative estimate of drug-likeness (QED) is 0.306. The van der Waals surface area contributed by atoms with E-state index in [2.05, 4.69) is 38.0 Å². The summed E-state index contributed by atoms with van der Waals surface area (Å²) in [5, 5.41) is 4.29. The van der Waals surface area contributed by atoms with Crippen molar-refractivity contribution in [2.75, 3.05) is 50.7 Å². The van der Waals surface area contributed by atoms with E-state index in [9.17, 15) is 14.0 Å². The van der Waals surface area contributed by atoms with Crippen LogP contribution in [0.5, 0.6) is 0 Å². The number of benzene rings is 3. The van der Waals surface area contributed by atoms with Crippen molar-refractivity contribution in [1.82, 2.24) is 19.7 Å². The molecule has 2 aliphatic rings. The molecular formula is C34H38FN5O2. The highest BCUT2D eigenvalue weighted by atomic mass is 19.1. The van der Waals surface area contributed by atoms with Crippen molar-refractivity contribution in [2.45, 2.75) is 25.3 Å². The highest BCUT2D eigenvalue weighted by Crippen LogP contribution is 2.45. The maximum atomic E-state index is 14.0. The van der Waals surface area contributed by atoms with Crippen LogP contribution in [0.3, 0.4) is 0 Å². The van der Waals surface area contributed by atoms with Crippen LogP contribution in [0.1, 0.15) is 46.8 Å². The predicted molar refractivity (Wildman–Crippen MR) is 164 cm³/mol. The molecule has 2 unspecified atom stereocenters. The van der Waals surface area contributed by atoms with Crippen LogP contribution < -0.4 is 10.2 Å². The molecule has 0 saturated carbocycles. The van der Waals surface area contributed by atoms with Gasteiger partial charge in [0, 0.05) is 80.2 Å². The van der Waals surface area contributed by atoms with E-state index in [1.165, 1.54) is 12.1 Å². The van der Waals surface area contributed by atoms with Gasteiger partial charge in [-0.3, -0.25) is 14.5 Å². The van der Waals surface area contributed by atoms with Gasteiger partial charge in [0.15, 0.2) is 0 Å². The van der Waals surface area contributed by atoms with Crippen molar-refractivity contribution in [3.05, 3.63) is 102 Å². The molecule has 1 fully saturated rings. The van der Waals surface area contributed by atoms with Gasteiger partial charge < -0.3 is 19.7 Å². The fourth-order valence-corrected chi connectivity index (χ4v) is 6.68. The van der Waals surface area contributed by atoms with Gasteiger partial charge in [-0.05, 0) is 61.9 Å². The number of nitrogens with zero attached hydrogens (tertiary/aromatic N) is 4. The molecule has 1 N–H and O–H groups in total. The lowest BCUT2D eigenvalue weighted by Crippen LogP contribution is -2.48. The minimum absolute atomic E-state index is 0.0325. The maximum absolute atomic E-state index is 14.0. The first-order valence-electron chi connectivity index (χ1n) is 14.9. The highest BCUT2D eigenvalue weighted by Gasteiger charge is 2.44. The third kappa shape index (κ3) is 5.27. The number of aryl methyl sites for hydroxylation is 1. The molecule has 0 aliphatic carbocycles. The second kappa shape index (κ2) is 12.0. The molecule has 4 aromatic rings. The minimum atomic E-state index is -0.510. The van der Waals surface area contributed by atoms with Gasteiger partial charge in [0.05, 0.1) is 12.0 Å². The first-order valence-corrected chi connectivity index (χ1v) is 14.9. The molecule has 1 saturated heterocycles. The normalized spacial score (nSPS) is 19.3. The van der Waals surface area contributed by atoms with Gasteiger partial charge in [-0.2, -0.15) is 0 Å². The molecule has 3 heterocycles. The van der Waals surface area contributed by atoms with Crippen LogP contribution >= 0.6 is 0 Å².